The van der Waals surface area contributed by atoms with E-state index in [0.29, 0.717) is 0 Å². The third-order valence-corrected chi connectivity index (χ3v) is 2.00. The van der Waals surface area contributed by atoms with Crippen molar-refractivity contribution in [1.29, 1.82) is 0 Å². The van der Waals surface area contributed by atoms with E-state index in [1.807, 2.05) is 0 Å². The van der Waals surface area contributed by atoms with E-state index in [2.05, 4.69) is 4.74 Å². The van der Waals surface area contributed by atoms with Gasteiger partial charge in [-0.25, -0.2) is 9.18 Å². The Morgan fingerprint density at radius 2 is 2.33 bits per heavy atom. The molecule has 1 rings (SSSR count). The zero-order valence-electron chi connectivity index (χ0n) is 8.17. The van der Waals surface area contributed by atoms with Gasteiger partial charge in [-0.3, -0.25) is 0 Å². The minimum absolute atomic E-state index is 0.187. The number of hydrogen-bond acceptors (Lipinski definition) is 2. The van der Waals surface area contributed by atoms with Crippen molar-refractivity contribution in [2.45, 2.75) is 6.92 Å². The third-order valence-electron chi connectivity index (χ3n) is 1.67. The van der Waals surface area contributed by atoms with Gasteiger partial charge in [0.25, 0.3) is 0 Å². The normalized spacial score (nSPS) is 10.6. The molecule has 2 nitrogen and oxygen atoms in total. The molecule has 1 aromatic carbocycles. The zero-order valence-corrected chi connectivity index (χ0v) is 8.92. The third kappa shape index (κ3) is 3.36. The zero-order chi connectivity index (χ0) is 11.3. The lowest BCUT2D eigenvalue weighted by molar-refractivity contribution is -0.137. The molecule has 1 aromatic rings. The van der Waals surface area contributed by atoms with Crippen LogP contribution in [0.15, 0.2) is 24.3 Å². The number of esters is 1. The highest BCUT2D eigenvalue weighted by molar-refractivity contribution is 6.32. The second-order valence-electron chi connectivity index (χ2n) is 2.72. The minimum atomic E-state index is -0.517. The van der Waals surface area contributed by atoms with Gasteiger partial charge < -0.3 is 4.74 Å². The first-order valence-electron chi connectivity index (χ1n) is 4.44. The van der Waals surface area contributed by atoms with Crippen LogP contribution in [0.4, 0.5) is 4.39 Å². The lowest BCUT2D eigenvalue weighted by atomic mass is 10.2. The van der Waals surface area contributed by atoms with Crippen molar-refractivity contribution in [3.05, 3.63) is 40.7 Å². The molecule has 0 unspecified atom stereocenters. The van der Waals surface area contributed by atoms with Gasteiger partial charge in [-0.05, 0) is 25.1 Å². The predicted octanol–water partition coefficient (Wildman–Crippen LogP) is 3.06. The average Bonchev–Trinajstić information content (AvgIpc) is 2.17. The molecule has 0 bridgehead atoms. The van der Waals surface area contributed by atoms with Gasteiger partial charge in [-0.2, -0.15) is 0 Å². The molecule has 4 heteroatoms. The van der Waals surface area contributed by atoms with Crippen LogP contribution >= 0.6 is 11.6 Å². The first-order chi connectivity index (χ1) is 7.15. The molecule has 0 heterocycles. The van der Waals surface area contributed by atoms with Crippen LogP contribution in [0.1, 0.15) is 12.5 Å². The van der Waals surface area contributed by atoms with E-state index in [0.717, 1.165) is 6.08 Å². The molecule has 0 radical (unpaired) electrons. The Bertz CT molecular complexity index is 368. The van der Waals surface area contributed by atoms with Crippen molar-refractivity contribution in [1.82, 2.24) is 0 Å². The molecule has 0 saturated heterocycles. The monoisotopic (exact) mass is 228 g/mol. The summed E-state index contributed by atoms with van der Waals surface area (Å²) in [6, 6.07) is 4.32. The fraction of sp³-hybridized carbons (Fsp3) is 0.182. The van der Waals surface area contributed by atoms with E-state index in [1.165, 1.54) is 18.2 Å². The smallest absolute Gasteiger partial charge is 0.330 e. The van der Waals surface area contributed by atoms with Crippen molar-refractivity contribution >= 4 is 23.6 Å². The number of carbonyl (C=O) groups excluding carboxylic acids is 1. The lowest BCUT2D eigenvalue weighted by Crippen LogP contribution is -1.98. The summed E-state index contributed by atoms with van der Waals surface area (Å²) in [5.41, 5.74) is 0.187. The maximum atomic E-state index is 13.2. The number of benzene rings is 1. The van der Waals surface area contributed by atoms with Crippen LogP contribution in [0.25, 0.3) is 6.08 Å². The van der Waals surface area contributed by atoms with Crippen LogP contribution in [-0.4, -0.2) is 12.6 Å². The van der Waals surface area contributed by atoms with Crippen molar-refractivity contribution in [2.24, 2.45) is 0 Å². The second kappa shape index (κ2) is 5.51. The number of rotatable bonds is 3. The fourth-order valence-electron chi connectivity index (χ4n) is 1.01. The van der Waals surface area contributed by atoms with Gasteiger partial charge in [0.15, 0.2) is 0 Å². The van der Waals surface area contributed by atoms with Gasteiger partial charge in [0, 0.05) is 11.6 Å². The topological polar surface area (TPSA) is 26.3 Å². The van der Waals surface area contributed by atoms with Crippen LogP contribution in [0.5, 0.6) is 0 Å². The second-order valence-corrected chi connectivity index (χ2v) is 3.13. The molecule has 15 heavy (non-hydrogen) atoms. The molecule has 0 N–H and O–H groups in total. The Kier molecular flexibility index (Phi) is 4.31. The van der Waals surface area contributed by atoms with Crippen molar-refractivity contribution < 1.29 is 13.9 Å². The average molecular weight is 229 g/mol. The molecule has 0 fully saturated rings. The maximum absolute atomic E-state index is 13.2. The van der Waals surface area contributed by atoms with Crippen LogP contribution in [0.3, 0.4) is 0 Å². The largest absolute Gasteiger partial charge is 0.463 e. The summed E-state index contributed by atoms with van der Waals surface area (Å²) >= 11 is 5.75. The molecule has 0 saturated carbocycles. The van der Waals surface area contributed by atoms with E-state index in [9.17, 15) is 9.18 Å². The number of hydrogen-bond donors (Lipinski definition) is 0. The molecule has 0 aromatic heterocycles. The van der Waals surface area contributed by atoms with Gasteiger partial charge in [0.2, 0.25) is 0 Å². The minimum Gasteiger partial charge on any atom is -0.463 e. The highest BCUT2D eigenvalue weighted by atomic mass is 35.5. The fourth-order valence-corrected chi connectivity index (χ4v) is 1.24. The molecule has 0 amide bonds. The first kappa shape index (κ1) is 11.7. The molecule has 0 aliphatic heterocycles. The van der Waals surface area contributed by atoms with Crippen molar-refractivity contribution in [3.8, 4) is 0 Å². The Morgan fingerprint density at radius 3 is 2.93 bits per heavy atom. The summed E-state index contributed by atoms with van der Waals surface area (Å²) in [5.74, 6) is -0.986. The quantitative estimate of drug-likeness (QED) is 0.587. The van der Waals surface area contributed by atoms with Crippen LogP contribution < -0.4 is 0 Å². The van der Waals surface area contributed by atoms with Crippen molar-refractivity contribution in [3.63, 3.8) is 0 Å². The van der Waals surface area contributed by atoms with Gasteiger partial charge in [0.05, 0.1) is 11.6 Å². The van der Waals surface area contributed by atoms with Gasteiger partial charge in [0.1, 0.15) is 5.82 Å². The highest BCUT2D eigenvalue weighted by Crippen LogP contribution is 2.20. The van der Waals surface area contributed by atoms with E-state index < -0.39 is 11.8 Å². The molecular formula is C11H10ClFO2. The van der Waals surface area contributed by atoms with E-state index in [-0.39, 0.29) is 17.2 Å². The molecule has 0 aliphatic carbocycles. The van der Waals surface area contributed by atoms with Crippen LogP contribution in [-0.2, 0) is 9.53 Å². The van der Waals surface area contributed by atoms with Gasteiger partial charge in [-0.1, -0.05) is 17.7 Å². The molecular weight excluding hydrogens is 219 g/mol. The van der Waals surface area contributed by atoms with E-state index in [4.69, 9.17) is 11.6 Å². The summed E-state index contributed by atoms with van der Waals surface area (Å²) in [6.07, 6.45) is 2.45. The molecule has 0 atom stereocenters. The van der Waals surface area contributed by atoms with E-state index in [1.54, 1.807) is 13.0 Å². The number of carbonyl (C=O) groups is 1. The van der Waals surface area contributed by atoms with E-state index >= 15 is 0 Å². The summed E-state index contributed by atoms with van der Waals surface area (Å²) in [4.78, 5) is 11.0. The Hall–Kier alpha value is -1.35. The summed E-state index contributed by atoms with van der Waals surface area (Å²) in [7, 11) is 0. The van der Waals surface area contributed by atoms with Crippen LogP contribution in [0.2, 0.25) is 5.02 Å². The number of halogens is 2. The summed E-state index contributed by atoms with van der Waals surface area (Å²) < 4.78 is 17.9. The number of ether oxygens (including phenoxy) is 1. The molecule has 0 spiro atoms. The predicted molar refractivity (Wildman–Crippen MR) is 57.1 cm³/mol. The van der Waals surface area contributed by atoms with Gasteiger partial charge >= 0.3 is 5.97 Å². The standard InChI is InChI=1S/C11H10ClFO2/c1-2-15-11(14)7-6-8-9(12)4-3-5-10(8)13/h3-7H,2H2,1H3/b7-6+. The lowest BCUT2D eigenvalue weighted by Gasteiger charge is -1.99. The maximum Gasteiger partial charge on any atom is 0.330 e. The Balaban J connectivity index is 2.84. The van der Waals surface area contributed by atoms with Crippen LogP contribution in [0, 0.1) is 5.82 Å². The molecule has 80 valence electrons. The Morgan fingerprint density at radius 1 is 1.60 bits per heavy atom. The first-order valence-corrected chi connectivity index (χ1v) is 4.81. The van der Waals surface area contributed by atoms with Crippen molar-refractivity contribution in [2.75, 3.05) is 6.61 Å². The summed E-state index contributed by atoms with van der Waals surface area (Å²) in [5, 5.41) is 0.260. The SMILES string of the molecule is CCOC(=O)/C=C/c1c(F)cccc1Cl. The molecule has 0 aliphatic rings. The van der Waals surface area contributed by atoms with Gasteiger partial charge in [-0.15, -0.1) is 0 Å². The highest BCUT2D eigenvalue weighted by Gasteiger charge is 2.03. The summed E-state index contributed by atoms with van der Waals surface area (Å²) in [6.45, 7) is 1.98. The Labute approximate surface area is 92.3 Å².